The smallest absolute Gasteiger partial charge is 0.370 e. The van der Waals surface area contributed by atoms with Gasteiger partial charge in [0.15, 0.2) is 5.40 Å². The molecule has 0 saturated carbocycles. The minimum Gasteiger partial charge on any atom is -0.425 e. The van der Waals surface area contributed by atoms with Gasteiger partial charge in [0.2, 0.25) is 6.29 Å². The van der Waals surface area contributed by atoms with Crippen molar-refractivity contribution >= 4 is 38.2 Å². The summed E-state index contributed by atoms with van der Waals surface area (Å²) in [6, 6.07) is 0. The van der Waals surface area contributed by atoms with Crippen LogP contribution in [0, 0.1) is 0 Å². The van der Waals surface area contributed by atoms with Gasteiger partial charge in [-0.25, -0.2) is 4.79 Å². The van der Waals surface area contributed by atoms with Crippen LogP contribution in [0.15, 0.2) is 0 Å². The number of thioether (sulfide) groups is 1. The normalized spacial score (nSPS) is 13.3. The molecule has 13 heteroatoms. The average molecular weight is 492 g/mol. The Morgan fingerprint density at radius 1 is 0.800 bits per heavy atom. The van der Waals surface area contributed by atoms with E-state index in [0.29, 0.717) is 5.75 Å². The fourth-order valence-electron chi connectivity index (χ4n) is 2.43. The average Bonchev–Trinajstić information content (AvgIpc) is 2.62. The van der Waals surface area contributed by atoms with Crippen LogP contribution in [0.4, 0.5) is 4.79 Å². The summed E-state index contributed by atoms with van der Waals surface area (Å²) in [5.74, 6) is -0.212. The topological polar surface area (TPSA) is 124 Å². The van der Waals surface area contributed by atoms with Gasteiger partial charge in [-0.15, -0.1) is 0 Å². The third-order valence-electron chi connectivity index (χ3n) is 3.39. The van der Waals surface area contributed by atoms with E-state index in [9.17, 15) is 18.7 Å². The first-order valence-corrected chi connectivity index (χ1v) is 14.1. The molecule has 0 aliphatic heterocycles. The van der Waals surface area contributed by atoms with Crippen molar-refractivity contribution in [3.05, 3.63) is 0 Å². The molecule has 0 aliphatic rings. The Kier molecular flexibility index (Phi) is 15.2. The number of carbonyl (C=O) groups excluding carboxylic acids is 2. The summed E-state index contributed by atoms with van der Waals surface area (Å²) in [7, 11) is -7.88. The van der Waals surface area contributed by atoms with Gasteiger partial charge < -0.3 is 27.6 Å². The molecule has 0 rings (SSSR count). The Morgan fingerprint density at radius 2 is 1.23 bits per heavy atom. The summed E-state index contributed by atoms with van der Waals surface area (Å²) < 4.78 is 58.1. The predicted molar refractivity (Wildman–Crippen MR) is 115 cm³/mol. The third-order valence-corrected chi connectivity index (χ3v) is 10.2. The molecule has 0 heterocycles. The van der Waals surface area contributed by atoms with Crippen molar-refractivity contribution in [3.8, 4) is 0 Å². The molecule has 0 aliphatic carbocycles. The lowest BCUT2D eigenvalue weighted by molar-refractivity contribution is -0.163. The minimum absolute atomic E-state index is 0.0402. The van der Waals surface area contributed by atoms with E-state index in [2.05, 4.69) is 0 Å². The Hall–Kier alpha value is -0.410. The molecule has 0 N–H and O–H groups in total. The van der Waals surface area contributed by atoms with E-state index in [-0.39, 0.29) is 39.3 Å². The molecule has 30 heavy (non-hydrogen) atoms. The van der Waals surface area contributed by atoms with E-state index in [0.717, 1.165) is 11.8 Å². The molecular weight excluding hydrogens is 458 g/mol. The van der Waals surface area contributed by atoms with Crippen LogP contribution in [0.5, 0.6) is 0 Å². The van der Waals surface area contributed by atoms with E-state index in [1.807, 2.05) is 0 Å². The van der Waals surface area contributed by atoms with E-state index >= 15 is 0 Å². The number of hydrogen-bond acceptors (Lipinski definition) is 11. The van der Waals surface area contributed by atoms with Gasteiger partial charge in [-0.2, -0.15) is 0 Å². The predicted octanol–water partition coefficient (Wildman–Crippen LogP) is 5.40. The Morgan fingerprint density at radius 3 is 1.60 bits per heavy atom. The zero-order valence-corrected chi connectivity index (χ0v) is 21.1. The summed E-state index contributed by atoms with van der Waals surface area (Å²) in [5.41, 5.74) is 0. The lowest BCUT2D eigenvalue weighted by Gasteiger charge is -2.31. The van der Waals surface area contributed by atoms with Gasteiger partial charge in [-0.1, -0.05) is 6.92 Å². The molecule has 0 aromatic carbocycles. The van der Waals surface area contributed by atoms with E-state index in [1.54, 1.807) is 34.6 Å². The van der Waals surface area contributed by atoms with Crippen molar-refractivity contribution in [2.75, 3.05) is 32.2 Å². The monoisotopic (exact) mass is 492 g/mol. The molecule has 0 fully saturated rings. The number of ether oxygens (including phenoxy) is 2. The highest BCUT2D eigenvalue weighted by atomic mass is 32.2. The van der Waals surface area contributed by atoms with Crippen LogP contribution in [0.25, 0.3) is 0 Å². The number of hydrogen-bond donors (Lipinski definition) is 0. The maximum absolute atomic E-state index is 13.4. The molecular formula is C17H34O10P2S. The van der Waals surface area contributed by atoms with Gasteiger partial charge in [-0.05, 0) is 45.9 Å². The number of carbonyl (C=O) groups is 2. The van der Waals surface area contributed by atoms with Gasteiger partial charge in [0.05, 0.1) is 26.4 Å². The number of rotatable bonds is 16. The molecule has 0 amide bonds. The molecule has 0 saturated heterocycles. The molecule has 1 unspecified atom stereocenters. The lowest BCUT2D eigenvalue weighted by atomic mass is 10.3. The van der Waals surface area contributed by atoms with E-state index in [1.165, 1.54) is 6.92 Å². The minimum atomic E-state index is -3.94. The van der Waals surface area contributed by atoms with Crippen molar-refractivity contribution < 1.29 is 46.3 Å². The van der Waals surface area contributed by atoms with Gasteiger partial charge in [-0.3, -0.25) is 13.9 Å². The van der Waals surface area contributed by atoms with Crippen molar-refractivity contribution in [1.82, 2.24) is 0 Å². The largest absolute Gasteiger partial charge is 0.425 e. The highest BCUT2D eigenvalue weighted by Gasteiger charge is 2.50. The second-order valence-corrected chi connectivity index (χ2v) is 11.7. The second-order valence-electron chi connectivity index (χ2n) is 5.63. The van der Waals surface area contributed by atoms with Crippen LogP contribution in [-0.2, 0) is 41.5 Å². The van der Waals surface area contributed by atoms with Gasteiger partial charge in [0.1, 0.15) is 0 Å². The summed E-state index contributed by atoms with van der Waals surface area (Å²) in [6.45, 7) is 9.82. The summed E-state index contributed by atoms with van der Waals surface area (Å²) in [4.78, 5) is 23.7. The van der Waals surface area contributed by atoms with Crippen LogP contribution < -0.4 is 0 Å². The van der Waals surface area contributed by atoms with Crippen LogP contribution >= 0.6 is 27.0 Å². The Labute approximate surface area is 183 Å². The number of esters is 1. The lowest BCUT2D eigenvalue weighted by Crippen LogP contribution is -2.22. The fraction of sp³-hybridized carbons (Fsp3) is 0.882. The molecule has 1 atom stereocenters. The van der Waals surface area contributed by atoms with Gasteiger partial charge >= 0.3 is 26.5 Å². The van der Waals surface area contributed by atoms with Crippen molar-refractivity contribution in [1.29, 1.82) is 0 Å². The van der Waals surface area contributed by atoms with Crippen molar-refractivity contribution in [3.63, 3.8) is 0 Å². The maximum atomic E-state index is 13.4. The van der Waals surface area contributed by atoms with Crippen LogP contribution in [0.2, 0.25) is 0 Å². The van der Waals surface area contributed by atoms with Crippen LogP contribution in [-0.4, -0.2) is 55.1 Å². The summed E-state index contributed by atoms with van der Waals surface area (Å²) in [6.07, 6.45) is -1.59. The fourth-order valence-corrected chi connectivity index (χ4v) is 8.22. The zero-order chi connectivity index (χ0) is 23.2. The summed E-state index contributed by atoms with van der Waals surface area (Å²) >= 11 is 0.941. The first kappa shape index (κ1) is 29.6. The van der Waals surface area contributed by atoms with Gasteiger partial charge in [0.25, 0.3) is 0 Å². The van der Waals surface area contributed by atoms with Crippen LogP contribution in [0.1, 0.15) is 54.4 Å². The zero-order valence-electron chi connectivity index (χ0n) is 18.5. The molecule has 0 aromatic heterocycles. The summed E-state index contributed by atoms with van der Waals surface area (Å²) in [5, 5.41) is -1.88. The highest BCUT2D eigenvalue weighted by molar-refractivity contribution is 8.13. The molecule has 0 bridgehead atoms. The van der Waals surface area contributed by atoms with Crippen molar-refractivity contribution in [2.45, 2.75) is 66.1 Å². The quantitative estimate of drug-likeness (QED) is 0.156. The highest BCUT2D eigenvalue weighted by Crippen LogP contribution is 2.71. The van der Waals surface area contributed by atoms with Crippen LogP contribution in [0.3, 0.4) is 0 Å². The first-order valence-electron chi connectivity index (χ1n) is 9.92. The van der Waals surface area contributed by atoms with Crippen molar-refractivity contribution in [2.24, 2.45) is 0 Å². The van der Waals surface area contributed by atoms with E-state index < -0.39 is 38.2 Å². The maximum Gasteiger partial charge on any atom is 0.370 e. The standard InChI is InChI=1S/C17H34O10P2S/c1-7-22-28(20,23-8-2)16(29(21,24-9-3)25-10-4)13-12-15(18)26-14(6)27-17(19)30-11-5/h14,16H,7-13H2,1-6H3. The Bertz CT molecular complexity index is 565. The second kappa shape index (κ2) is 15.4. The Balaban J connectivity index is 5.44. The molecule has 0 radical (unpaired) electrons. The third kappa shape index (κ3) is 10.3. The molecule has 178 valence electrons. The van der Waals surface area contributed by atoms with Gasteiger partial charge in [0, 0.05) is 19.1 Å². The van der Waals surface area contributed by atoms with E-state index in [4.69, 9.17) is 27.6 Å². The first-order chi connectivity index (χ1) is 14.1. The SMILES string of the molecule is CCOP(=O)(OCC)C(CCC(=O)OC(C)OC(=O)SCC)P(=O)(OCC)OCC. The molecule has 0 spiro atoms. The molecule has 0 aromatic rings. The molecule has 10 nitrogen and oxygen atoms in total.